The van der Waals surface area contributed by atoms with Gasteiger partial charge in [-0.25, -0.2) is 4.99 Å². The lowest BCUT2D eigenvalue weighted by molar-refractivity contribution is -0.129. The minimum Gasteiger partial charge on any atom is -0.496 e. The molecule has 42 heavy (non-hydrogen) atoms. The zero-order valence-corrected chi connectivity index (χ0v) is 25.5. The minimum absolute atomic E-state index is 0.0612. The highest BCUT2D eigenvalue weighted by Crippen LogP contribution is 2.43. The van der Waals surface area contributed by atoms with E-state index in [1.165, 1.54) is 0 Å². The second kappa shape index (κ2) is 14.2. The third-order valence-corrected chi connectivity index (χ3v) is 7.43. The number of benzene rings is 3. The predicted octanol–water partition coefficient (Wildman–Crippen LogP) is 5.39. The lowest BCUT2D eigenvalue weighted by Crippen LogP contribution is -2.47. The molecule has 0 aromatic heterocycles. The van der Waals surface area contributed by atoms with Crippen molar-refractivity contribution in [3.63, 3.8) is 0 Å². The standard InChI is InChI=1S/C32H35BrN2O7/c1-5-15-32(31(37)34-20-26-27(39-3)18-25(38-2)19-28(26)40-4)29(21-7-11-23(33)12-8-21)42-30(35-32)22-9-13-24(14-10-22)41-17-6-16-36/h5,7-14,18-19,29,36H,1,6,15-17,20H2,2-4H3,(H,34,37)/t29-,32-/m1/s1. The van der Waals surface area contributed by atoms with Gasteiger partial charge in [0.25, 0.3) is 5.91 Å². The van der Waals surface area contributed by atoms with Crippen molar-refractivity contribution >= 4 is 27.7 Å². The van der Waals surface area contributed by atoms with E-state index in [-0.39, 0.29) is 25.5 Å². The maximum absolute atomic E-state index is 14.2. The summed E-state index contributed by atoms with van der Waals surface area (Å²) in [6.45, 7) is 4.52. The van der Waals surface area contributed by atoms with Gasteiger partial charge in [0, 0.05) is 41.6 Å². The van der Waals surface area contributed by atoms with Crippen molar-refractivity contribution in [3.05, 3.63) is 94.5 Å². The van der Waals surface area contributed by atoms with Gasteiger partial charge in [0.2, 0.25) is 5.90 Å². The number of methoxy groups -OCH3 is 3. The molecule has 1 heterocycles. The van der Waals surface area contributed by atoms with Crippen LogP contribution in [-0.2, 0) is 16.1 Å². The zero-order valence-electron chi connectivity index (χ0n) is 23.9. The van der Waals surface area contributed by atoms with E-state index in [4.69, 9.17) is 33.8 Å². The van der Waals surface area contributed by atoms with Crippen LogP contribution in [0.3, 0.4) is 0 Å². The molecule has 2 atom stereocenters. The molecule has 2 N–H and O–H groups in total. The number of nitrogens with one attached hydrogen (secondary N) is 1. The maximum Gasteiger partial charge on any atom is 0.252 e. The highest BCUT2D eigenvalue weighted by molar-refractivity contribution is 9.10. The van der Waals surface area contributed by atoms with Crippen molar-refractivity contribution in [1.29, 1.82) is 0 Å². The first-order chi connectivity index (χ1) is 20.4. The molecule has 1 aliphatic rings. The Kier molecular flexibility index (Phi) is 10.5. The summed E-state index contributed by atoms with van der Waals surface area (Å²) < 4.78 is 29.5. The van der Waals surface area contributed by atoms with E-state index in [0.717, 1.165) is 10.0 Å². The Hall–Kier alpha value is -4.02. The van der Waals surface area contributed by atoms with Gasteiger partial charge >= 0.3 is 0 Å². The van der Waals surface area contributed by atoms with Crippen LogP contribution in [0.1, 0.15) is 35.6 Å². The number of aliphatic hydroxyl groups excluding tert-OH is 1. The number of hydrogen-bond acceptors (Lipinski definition) is 8. The molecule has 9 nitrogen and oxygen atoms in total. The summed E-state index contributed by atoms with van der Waals surface area (Å²) in [4.78, 5) is 19.1. The van der Waals surface area contributed by atoms with Crippen LogP contribution in [0.5, 0.6) is 23.0 Å². The van der Waals surface area contributed by atoms with E-state index in [1.54, 1.807) is 39.5 Å². The fourth-order valence-electron chi connectivity index (χ4n) is 4.75. The van der Waals surface area contributed by atoms with Crippen molar-refractivity contribution in [1.82, 2.24) is 5.32 Å². The number of ether oxygens (including phenoxy) is 5. The lowest BCUT2D eigenvalue weighted by atomic mass is 9.84. The third kappa shape index (κ3) is 6.71. The van der Waals surface area contributed by atoms with Crippen LogP contribution in [0, 0.1) is 0 Å². The predicted molar refractivity (Wildman–Crippen MR) is 164 cm³/mol. The largest absolute Gasteiger partial charge is 0.496 e. The molecule has 0 saturated heterocycles. The van der Waals surface area contributed by atoms with Gasteiger partial charge in [-0.15, -0.1) is 6.58 Å². The van der Waals surface area contributed by atoms with E-state index in [9.17, 15) is 4.79 Å². The van der Waals surface area contributed by atoms with Crippen molar-refractivity contribution in [2.75, 3.05) is 34.5 Å². The molecule has 0 bridgehead atoms. The molecule has 1 aliphatic heterocycles. The molecule has 3 aromatic carbocycles. The number of aliphatic hydroxyl groups is 1. The van der Waals surface area contributed by atoms with E-state index in [0.29, 0.717) is 53.1 Å². The molecular formula is C32H35BrN2O7. The number of aliphatic imine (C=N–C) groups is 1. The highest BCUT2D eigenvalue weighted by atomic mass is 79.9. The second-order valence-electron chi connectivity index (χ2n) is 9.53. The first-order valence-electron chi connectivity index (χ1n) is 13.4. The van der Waals surface area contributed by atoms with Gasteiger partial charge in [0.1, 0.15) is 23.0 Å². The summed E-state index contributed by atoms with van der Waals surface area (Å²) in [5.41, 5.74) is 0.804. The molecule has 4 rings (SSSR count). The highest BCUT2D eigenvalue weighted by Gasteiger charge is 2.52. The lowest BCUT2D eigenvalue weighted by Gasteiger charge is -2.30. The smallest absolute Gasteiger partial charge is 0.252 e. The molecule has 10 heteroatoms. The summed E-state index contributed by atoms with van der Waals surface area (Å²) in [7, 11) is 4.66. The third-order valence-electron chi connectivity index (χ3n) is 6.90. The SMILES string of the molecule is C=CC[C@@]1(C(=O)NCc2c(OC)cc(OC)cc2OC)N=C(c2ccc(OCCCO)cc2)O[C@@H]1c1ccc(Br)cc1. The van der Waals surface area contributed by atoms with Gasteiger partial charge < -0.3 is 34.1 Å². The number of carbonyl (C=O) groups is 1. The van der Waals surface area contributed by atoms with E-state index in [1.807, 2.05) is 48.5 Å². The number of hydrogen-bond donors (Lipinski definition) is 2. The molecule has 0 radical (unpaired) electrons. The normalized spacial score (nSPS) is 17.5. The summed E-state index contributed by atoms with van der Waals surface area (Å²) >= 11 is 3.48. The van der Waals surface area contributed by atoms with Gasteiger partial charge in [0.15, 0.2) is 11.6 Å². The van der Waals surface area contributed by atoms with E-state index in [2.05, 4.69) is 27.8 Å². The molecule has 0 spiro atoms. The molecule has 0 fully saturated rings. The number of carbonyl (C=O) groups excluding carboxylic acids is 1. The zero-order chi connectivity index (χ0) is 30.1. The topological polar surface area (TPSA) is 108 Å². The van der Waals surface area contributed by atoms with Gasteiger partial charge in [-0.1, -0.05) is 34.1 Å². The van der Waals surface area contributed by atoms with Crippen molar-refractivity contribution in [3.8, 4) is 23.0 Å². The molecular weight excluding hydrogens is 604 g/mol. The number of amides is 1. The van der Waals surface area contributed by atoms with Crippen LogP contribution < -0.4 is 24.3 Å². The monoisotopic (exact) mass is 638 g/mol. The van der Waals surface area contributed by atoms with Crippen LogP contribution in [0.25, 0.3) is 0 Å². The Morgan fingerprint density at radius 1 is 1.05 bits per heavy atom. The van der Waals surface area contributed by atoms with Gasteiger partial charge in [0.05, 0.1) is 40.0 Å². The average molecular weight is 640 g/mol. The first kappa shape index (κ1) is 30.9. The van der Waals surface area contributed by atoms with Crippen molar-refractivity contribution in [2.45, 2.75) is 31.0 Å². The van der Waals surface area contributed by atoms with Crippen molar-refractivity contribution in [2.24, 2.45) is 4.99 Å². The Labute approximate surface area is 254 Å². The molecule has 0 aliphatic carbocycles. The fraction of sp³-hybridized carbons (Fsp3) is 0.312. The summed E-state index contributed by atoms with van der Waals surface area (Å²) in [6, 6.07) is 18.4. The summed E-state index contributed by atoms with van der Waals surface area (Å²) in [6.07, 6.45) is 1.72. The number of rotatable bonds is 14. The van der Waals surface area contributed by atoms with Crippen LogP contribution in [-0.4, -0.2) is 57.0 Å². The van der Waals surface area contributed by atoms with E-state index >= 15 is 0 Å². The minimum atomic E-state index is -1.34. The average Bonchev–Trinajstić information content (AvgIpc) is 3.40. The molecule has 3 aromatic rings. The summed E-state index contributed by atoms with van der Waals surface area (Å²) in [5, 5.41) is 12.1. The van der Waals surface area contributed by atoms with E-state index < -0.39 is 11.6 Å². The van der Waals surface area contributed by atoms with Crippen LogP contribution >= 0.6 is 15.9 Å². The van der Waals surface area contributed by atoms with Crippen LogP contribution in [0.2, 0.25) is 0 Å². The van der Waals surface area contributed by atoms with Gasteiger partial charge in [-0.05, 0) is 42.0 Å². The Balaban J connectivity index is 1.70. The maximum atomic E-state index is 14.2. The Morgan fingerprint density at radius 2 is 1.71 bits per heavy atom. The molecule has 222 valence electrons. The molecule has 1 amide bonds. The summed E-state index contributed by atoms with van der Waals surface area (Å²) in [5.74, 6) is 2.26. The van der Waals surface area contributed by atoms with Gasteiger partial charge in [-0.2, -0.15) is 0 Å². The Bertz CT molecular complexity index is 1380. The number of nitrogens with zero attached hydrogens (tertiary/aromatic N) is 1. The molecule has 0 unspecified atom stereocenters. The quantitative estimate of drug-likeness (QED) is 0.180. The Morgan fingerprint density at radius 3 is 2.29 bits per heavy atom. The second-order valence-corrected chi connectivity index (χ2v) is 10.4. The van der Waals surface area contributed by atoms with Crippen LogP contribution in [0.15, 0.2) is 82.8 Å². The van der Waals surface area contributed by atoms with Crippen molar-refractivity contribution < 1.29 is 33.6 Å². The number of halogens is 1. The molecule has 0 saturated carbocycles. The first-order valence-corrected chi connectivity index (χ1v) is 14.2. The van der Waals surface area contributed by atoms with Crippen LogP contribution in [0.4, 0.5) is 0 Å². The fourth-order valence-corrected chi connectivity index (χ4v) is 5.01. The van der Waals surface area contributed by atoms with Gasteiger partial charge in [-0.3, -0.25) is 4.79 Å².